The van der Waals surface area contributed by atoms with Gasteiger partial charge in [-0.05, 0) is 25.7 Å². The molecule has 1 N–H and O–H groups in total. The van der Waals surface area contributed by atoms with Crippen LogP contribution in [0.1, 0.15) is 41.6 Å². The van der Waals surface area contributed by atoms with E-state index in [1.165, 1.54) is 17.8 Å². The molecule has 5 nitrogen and oxygen atoms in total. The van der Waals surface area contributed by atoms with Crippen molar-refractivity contribution in [2.75, 3.05) is 18.1 Å². The molecular weight excluding hydrogens is 264 g/mol. The maximum absolute atomic E-state index is 11.2. The first-order valence-corrected chi connectivity index (χ1v) is 7.63. The number of aromatic nitrogens is 1. The quantitative estimate of drug-likeness (QED) is 0.920. The van der Waals surface area contributed by atoms with E-state index < -0.39 is 5.97 Å². The molecule has 2 fully saturated rings. The van der Waals surface area contributed by atoms with Crippen LogP contribution in [0.25, 0.3) is 0 Å². The Balaban J connectivity index is 1.90. The molecule has 0 radical (unpaired) electrons. The second-order valence-electron chi connectivity index (χ2n) is 5.03. The Bertz CT molecular complexity index is 488. The summed E-state index contributed by atoms with van der Waals surface area (Å²) >= 11 is 1.31. The van der Waals surface area contributed by atoms with Crippen LogP contribution in [0.4, 0.5) is 5.13 Å². The molecule has 1 aromatic rings. The Morgan fingerprint density at radius 3 is 3.11 bits per heavy atom. The number of morpholine rings is 1. The number of ether oxygens (including phenoxy) is 1. The summed E-state index contributed by atoms with van der Waals surface area (Å²) in [5, 5.41) is 10.1. The summed E-state index contributed by atoms with van der Waals surface area (Å²) in [6, 6.07) is 0.381. The minimum absolute atomic E-state index is 0.302. The van der Waals surface area contributed by atoms with Crippen molar-refractivity contribution in [3.63, 3.8) is 0 Å². The van der Waals surface area contributed by atoms with Crippen LogP contribution in [0, 0.1) is 0 Å². The van der Waals surface area contributed by atoms with E-state index in [1.54, 1.807) is 0 Å². The smallest absolute Gasteiger partial charge is 0.347 e. The van der Waals surface area contributed by atoms with Gasteiger partial charge >= 0.3 is 5.97 Å². The molecule has 1 saturated carbocycles. The molecule has 0 aromatic carbocycles. The van der Waals surface area contributed by atoms with Gasteiger partial charge < -0.3 is 14.7 Å². The van der Waals surface area contributed by atoms with Crippen molar-refractivity contribution in [3.05, 3.63) is 10.6 Å². The first-order valence-electron chi connectivity index (χ1n) is 6.82. The molecule has 2 aliphatic rings. The van der Waals surface area contributed by atoms with Gasteiger partial charge in [-0.3, -0.25) is 0 Å². The average Bonchev–Trinajstić information content (AvgIpc) is 3.04. The molecular formula is C13H18N2O3S. The van der Waals surface area contributed by atoms with E-state index in [0.29, 0.717) is 35.7 Å². The standard InChI is InChI=1S/C13H18N2O3S/c1-2-8-11(12(16)17)19-13(14-8)15-6-7-18-10-5-3-4-9(10)15/h9-10H,2-7H2,1H3,(H,16,17). The maximum atomic E-state index is 11.2. The Morgan fingerprint density at radius 1 is 1.58 bits per heavy atom. The molecule has 0 spiro atoms. The molecule has 3 rings (SSSR count). The Labute approximate surface area is 116 Å². The van der Waals surface area contributed by atoms with Crippen molar-refractivity contribution in [1.29, 1.82) is 0 Å². The van der Waals surface area contributed by atoms with Gasteiger partial charge in [-0.2, -0.15) is 0 Å². The second-order valence-corrected chi connectivity index (χ2v) is 6.01. The van der Waals surface area contributed by atoms with Gasteiger partial charge in [0, 0.05) is 6.54 Å². The zero-order valence-corrected chi connectivity index (χ0v) is 11.8. The van der Waals surface area contributed by atoms with Crippen molar-refractivity contribution in [2.24, 2.45) is 0 Å². The van der Waals surface area contributed by atoms with Crippen LogP contribution >= 0.6 is 11.3 Å². The van der Waals surface area contributed by atoms with E-state index in [0.717, 1.165) is 24.5 Å². The van der Waals surface area contributed by atoms with Crippen molar-refractivity contribution < 1.29 is 14.6 Å². The number of carboxylic acids is 1. The van der Waals surface area contributed by atoms with Crippen LogP contribution in [0.5, 0.6) is 0 Å². The predicted molar refractivity (Wildman–Crippen MR) is 73.2 cm³/mol. The third kappa shape index (κ3) is 2.23. The van der Waals surface area contributed by atoms with Gasteiger partial charge in [0.05, 0.1) is 24.4 Å². The van der Waals surface area contributed by atoms with Crippen LogP contribution in [0.15, 0.2) is 0 Å². The van der Waals surface area contributed by atoms with Gasteiger partial charge in [-0.25, -0.2) is 9.78 Å². The molecule has 0 bridgehead atoms. The lowest BCUT2D eigenvalue weighted by Gasteiger charge is -2.37. The fourth-order valence-electron chi connectivity index (χ4n) is 3.03. The molecule has 19 heavy (non-hydrogen) atoms. The van der Waals surface area contributed by atoms with Crippen LogP contribution < -0.4 is 4.90 Å². The number of thiazole rings is 1. The van der Waals surface area contributed by atoms with Gasteiger partial charge in [0.1, 0.15) is 4.88 Å². The lowest BCUT2D eigenvalue weighted by molar-refractivity contribution is 0.0256. The van der Waals surface area contributed by atoms with Crippen molar-refractivity contribution in [2.45, 2.75) is 44.8 Å². The third-order valence-corrected chi connectivity index (χ3v) is 5.07. The van der Waals surface area contributed by atoms with E-state index in [-0.39, 0.29) is 0 Å². The summed E-state index contributed by atoms with van der Waals surface area (Å²) in [7, 11) is 0. The number of carboxylic acid groups (broad SMARTS) is 1. The molecule has 2 heterocycles. The van der Waals surface area contributed by atoms with Gasteiger partial charge in [0.15, 0.2) is 5.13 Å². The fraction of sp³-hybridized carbons (Fsp3) is 0.692. The lowest BCUT2D eigenvalue weighted by Crippen LogP contribution is -2.48. The number of nitrogens with zero attached hydrogens (tertiary/aromatic N) is 2. The SMILES string of the molecule is CCc1nc(N2CCOC3CCCC32)sc1C(=O)O. The Hall–Kier alpha value is -1.14. The van der Waals surface area contributed by atoms with E-state index >= 15 is 0 Å². The highest BCUT2D eigenvalue weighted by atomic mass is 32.1. The number of carbonyl (C=O) groups is 1. The first-order chi connectivity index (χ1) is 9.20. The van der Waals surface area contributed by atoms with Crippen LogP contribution in [0.3, 0.4) is 0 Å². The average molecular weight is 282 g/mol. The number of hydrogen-bond donors (Lipinski definition) is 1. The number of anilines is 1. The summed E-state index contributed by atoms with van der Waals surface area (Å²) in [6.45, 7) is 3.48. The highest BCUT2D eigenvalue weighted by molar-refractivity contribution is 7.17. The van der Waals surface area contributed by atoms with Gasteiger partial charge in [-0.1, -0.05) is 18.3 Å². The van der Waals surface area contributed by atoms with Gasteiger partial charge in [0.25, 0.3) is 0 Å². The molecule has 2 unspecified atom stereocenters. The third-order valence-electron chi connectivity index (χ3n) is 3.94. The van der Waals surface area contributed by atoms with Crippen molar-refractivity contribution >= 4 is 22.4 Å². The molecule has 104 valence electrons. The molecule has 2 atom stereocenters. The molecule has 1 aliphatic heterocycles. The fourth-order valence-corrected chi connectivity index (χ4v) is 4.11. The Morgan fingerprint density at radius 2 is 2.42 bits per heavy atom. The minimum atomic E-state index is -0.864. The predicted octanol–water partition coefficient (Wildman–Crippen LogP) is 2.16. The van der Waals surface area contributed by atoms with Crippen molar-refractivity contribution in [3.8, 4) is 0 Å². The number of aromatic carboxylic acids is 1. The summed E-state index contributed by atoms with van der Waals surface area (Å²) in [6.07, 6.45) is 4.38. The van der Waals surface area contributed by atoms with E-state index in [9.17, 15) is 9.90 Å². The summed E-state index contributed by atoms with van der Waals surface area (Å²) < 4.78 is 5.78. The highest BCUT2D eigenvalue weighted by Gasteiger charge is 2.37. The minimum Gasteiger partial charge on any atom is -0.477 e. The normalized spacial score (nSPS) is 26.5. The molecule has 1 aromatic heterocycles. The zero-order chi connectivity index (χ0) is 13.4. The molecule has 1 saturated heterocycles. The van der Waals surface area contributed by atoms with Gasteiger partial charge in [0.2, 0.25) is 0 Å². The maximum Gasteiger partial charge on any atom is 0.347 e. The summed E-state index contributed by atoms with van der Waals surface area (Å²) in [5.74, 6) is -0.864. The number of hydrogen-bond acceptors (Lipinski definition) is 5. The summed E-state index contributed by atoms with van der Waals surface area (Å²) in [4.78, 5) is 18.4. The lowest BCUT2D eigenvalue weighted by atomic mass is 10.1. The Kier molecular flexibility index (Phi) is 3.45. The van der Waals surface area contributed by atoms with Crippen molar-refractivity contribution in [1.82, 2.24) is 4.98 Å². The van der Waals surface area contributed by atoms with Crippen LogP contribution in [-0.4, -0.2) is 41.4 Å². The zero-order valence-electron chi connectivity index (χ0n) is 11.0. The summed E-state index contributed by atoms with van der Waals surface area (Å²) in [5.41, 5.74) is 0.702. The molecule has 6 heteroatoms. The number of rotatable bonds is 3. The van der Waals surface area contributed by atoms with E-state index in [4.69, 9.17) is 4.74 Å². The highest BCUT2D eigenvalue weighted by Crippen LogP contribution is 2.36. The van der Waals surface area contributed by atoms with E-state index in [1.807, 2.05) is 6.92 Å². The molecule has 0 amide bonds. The van der Waals surface area contributed by atoms with E-state index in [2.05, 4.69) is 9.88 Å². The van der Waals surface area contributed by atoms with Crippen LogP contribution in [-0.2, 0) is 11.2 Å². The number of fused-ring (bicyclic) bond motifs is 1. The monoisotopic (exact) mass is 282 g/mol. The topological polar surface area (TPSA) is 62.7 Å². The second kappa shape index (κ2) is 5.09. The van der Waals surface area contributed by atoms with Crippen LogP contribution in [0.2, 0.25) is 0 Å². The van der Waals surface area contributed by atoms with Gasteiger partial charge in [-0.15, -0.1) is 0 Å². The number of aryl methyl sites for hydroxylation is 1. The molecule has 1 aliphatic carbocycles. The first kappa shape index (κ1) is 12.9. The largest absolute Gasteiger partial charge is 0.477 e.